The summed E-state index contributed by atoms with van der Waals surface area (Å²) in [5.41, 5.74) is 0.405. The first kappa shape index (κ1) is 13.3. The molecule has 1 aliphatic heterocycles. The lowest BCUT2D eigenvalue weighted by molar-refractivity contribution is -0.123. The van der Waals surface area contributed by atoms with Crippen molar-refractivity contribution in [2.75, 3.05) is 6.54 Å². The Hall–Kier alpha value is -1.13. The van der Waals surface area contributed by atoms with Crippen LogP contribution in [0.3, 0.4) is 0 Å². The molecule has 1 amide bonds. The van der Waals surface area contributed by atoms with Gasteiger partial charge in [0, 0.05) is 12.1 Å². The number of hydrogen-bond acceptors (Lipinski definition) is 2. The molecule has 1 aromatic carbocycles. The van der Waals surface area contributed by atoms with Crippen molar-refractivity contribution in [3.63, 3.8) is 0 Å². The fourth-order valence-electron chi connectivity index (χ4n) is 2.10. The average molecular weight is 271 g/mol. The minimum absolute atomic E-state index is 0.0781. The van der Waals surface area contributed by atoms with Crippen molar-refractivity contribution < 1.29 is 9.18 Å². The molecule has 5 heteroatoms. The van der Waals surface area contributed by atoms with Crippen molar-refractivity contribution >= 4 is 17.5 Å². The maximum absolute atomic E-state index is 13.6. The SMILES string of the molecule is C[C@@H]1CN[C@H](C(=O)NCc2cccc(Cl)c2F)C1. The van der Waals surface area contributed by atoms with Gasteiger partial charge < -0.3 is 10.6 Å². The van der Waals surface area contributed by atoms with E-state index in [9.17, 15) is 9.18 Å². The van der Waals surface area contributed by atoms with Gasteiger partial charge in [-0.2, -0.15) is 0 Å². The van der Waals surface area contributed by atoms with Gasteiger partial charge in [0.1, 0.15) is 5.82 Å². The predicted octanol–water partition coefficient (Wildman–Crippen LogP) is 2.09. The highest BCUT2D eigenvalue weighted by Gasteiger charge is 2.26. The Kier molecular flexibility index (Phi) is 4.19. The van der Waals surface area contributed by atoms with Gasteiger partial charge in [0.05, 0.1) is 11.1 Å². The van der Waals surface area contributed by atoms with Gasteiger partial charge in [0.2, 0.25) is 5.91 Å². The third-order valence-electron chi connectivity index (χ3n) is 3.15. The van der Waals surface area contributed by atoms with E-state index in [4.69, 9.17) is 11.6 Å². The highest BCUT2D eigenvalue weighted by atomic mass is 35.5. The largest absolute Gasteiger partial charge is 0.351 e. The van der Waals surface area contributed by atoms with E-state index in [1.54, 1.807) is 12.1 Å². The summed E-state index contributed by atoms with van der Waals surface area (Å²) in [6, 6.07) is 4.61. The maximum atomic E-state index is 13.6. The second-order valence-electron chi connectivity index (χ2n) is 4.73. The summed E-state index contributed by atoms with van der Waals surface area (Å²) in [6.45, 7) is 3.11. The molecule has 0 bridgehead atoms. The number of nitrogens with one attached hydrogen (secondary N) is 2. The molecular weight excluding hydrogens is 255 g/mol. The van der Waals surface area contributed by atoms with E-state index in [0.29, 0.717) is 11.5 Å². The summed E-state index contributed by atoms with van der Waals surface area (Å²) in [7, 11) is 0. The fraction of sp³-hybridized carbons (Fsp3) is 0.462. The van der Waals surface area contributed by atoms with Crippen LogP contribution in [0.15, 0.2) is 18.2 Å². The van der Waals surface area contributed by atoms with E-state index in [0.717, 1.165) is 13.0 Å². The normalized spacial score (nSPS) is 23.1. The lowest BCUT2D eigenvalue weighted by atomic mass is 10.1. The molecule has 0 aliphatic carbocycles. The lowest BCUT2D eigenvalue weighted by Crippen LogP contribution is -2.40. The van der Waals surface area contributed by atoms with Crippen LogP contribution in [0.5, 0.6) is 0 Å². The van der Waals surface area contributed by atoms with E-state index in [1.165, 1.54) is 6.07 Å². The first-order chi connectivity index (χ1) is 8.58. The Labute approximate surface area is 111 Å². The van der Waals surface area contributed by atoms with Crippen molar-refractivity contribution in [1.82, 2.24) is 10.6 Å². The Morgan fingerprint density at radius 1 is 1.61 bits per heavy atom. The number of rotatable bonds is 3. The van der Waals surface area contributed by atoms with Crippen molar-refractivity contribution in [2.24, 2.45) is 5.92 Å². The van der Waals surface area contributed by atoms with E-state index in [-0.39, 0.29) is 23.5 Å². The Morgan fingerprint density at radius 3 is 3.06 bits per heavy atom. The molecule has 98 valence electrons. The van der Waals surface area contributed by atoms with Crippen LogP contribution in [-0.4, -0.2) is 18.5 Å². The maximum Gasteiger partial charge on any atom is 0.237 e. The van der Waals surface area contributed by atoms with Crippen LogP contribution in [-0.2, 0) is 11.3 Å². The van der Waals surface area contributed by atoms with Crippen molar-refractivity contribution in [3.8, 4) is 0 Å². The molecule has 0 spiro atoms. The van der Waals surface area contributed by atoms with Crippen LogP contribution in [0, 0.1) is 11.7 Å². The van der Waals surface area contributed by atoms with Gasteiger partial charge in [-0.25, -0.2) is 4.39 Å². The molecule has 1 heterocycles. The topological polar surface area (TPSA) is 41.1 Å². The number of hydrogen-bond donors (Lipinski definition) is 2. The highest BCUT2D eigenvalue weighted by Crippen LogP contribution is 2.18. The van der Waals surface area contributed by atoms with Crippen molar-refractivity contribution in [3.05, 3.63) is 34.6 Å². The fourth-order valence-corrected chi connectivity index (χ4v) is 2.30. The number of benzene rings is 1. The second-order valence-corrected chi connectivity index (χ2v) is 5.14. The van der Waals surface area contributed by atoms with Crippen LogP contribution < -0.4 is 10.6 Å². The highest BCUT2D eigenvalue weighted by molar-refractivity contribution is 6.30. The quantitative estimate of drug-likeness (QED) is 0.883. The summed E-state index contributed by atoms with van der Waals surface area (Å²) in [5, 5.41) is 5.94. The van der Waals surface area contributed by atoms with Gasteiger partial charge >= 0.3 is 0 Å². The summed E-state index contributed by atoms with van der Waals surface area (Å²) < 4.78 is 13.6. The molecular formula is C13H16ClFN2O. The van der Waals surface area contributed by atoms with Gasteiger partial charge in [-0.05, 0) is 24.9 Å². The molecule has 2 rings (SSSR count). The van der Waals surface area contributed by atoms with Gasteiger partial charge in [0.15, 0.2) is 0 Å². The van der Waals surface area contributed by atoms with E-state index >= 15 is 0 Å². The first-order valence-electron chi connectivity index (χ1n) is 6.02. The van der Waals surface area contributed by atoms with Crippen LogP contribution in [0.1, 0.15) is 18.9 Å². The molecule has 1 saturated heterocycles. The molecule has 1 aromatic rings. The Morgan fingerprint density at radius 2 is 2.39 bits per heavy atom. The summed E-state index contributed by atoms with van der Waals surface area (Å²) in [6.07, 6.45) is 0.823. The lowest BCUT2D eigenvalue weighted by Gasteiger charge is -2.12. The minimum Gasteiger partial charge on any atom is -0.351 e. The molecule has 2 N–H and O–H groups in total. The number of carbonyl (C=O) groups excluding carboxylic acids is 1. The number of amides is 1. The van der Waals surface area contributed by atoms with Gasteiger partial charge in [0.25, 0.3) is 0 Å². The molecule has 1 aliphatic rings. The molecule has 0 saturated carbocycles. The van der Waals surface area contributed by atoms with E-state index in [2.05, 4.69) is 17.6 Å². The monoisotopic (exact) mass is 270 g/mol. The second kappa shape index (κ2) is 5.67. The smallest absolute Gasteiger partial charge is 0.237 e. The Balaban J connectivity index is 1.91. The van der Waals surface area contributed by atoms with E-state index < -0.39 is 5.82 Å². The summed E-state index contributed by atoms with van der Waals surface area (Å²) in [4.78, 5) is 11.8. The summed E-state index contributed by atoms with van der Waals surface area (Å²) >= 11 is 5.68. The zero-order valence-corrected chi connectivity index (χ0v) is 10.9. The van der Waals surface area contributed by atoms with Gasteiger partial charge in [-0.3, -0.25) is 4.79 Å². The zero-order chi connectivity index (χ0) is 13.1. The van der Waals surface area contributed by atoms with E-state index in [1.807, 2.05) is 0 Å². The van der Waals surface area contributed by atoms with Crippen LogP contribution in [0.4, 0.5) is 4.39 Å². The van der Waals surface area contributed by atoms with Gasteiger partial charge in [-0.1, -0.05) is 30.7 Å². The van der Waals surface area contributed by atoms with Crippen LogP contribution in [0.2, 0.25) is 5.02 Å². The number of halogens is 2. The molecule has 2 atom stereocenters. The van der Waals surface area contributed by atoms with Crippen molar-refractivity contribution in [2.45, 2.75) is 25.9 Å². The molecule has 3 nitrogen and oxygen atoms in total. The third-order valence-corrected chi connectivity index (χ3v) is 3.44. The van der Waals surface area contributed by atoms with Crippen LogP contribution >= 0.6 is 11.6 Å². The first-order valence-corrected chi connectivity index (χ1v) is 6.39. The minimum atomic E-state index is -0.466. The molecule has 18 heavy (non-hydrogen) atoms. The molecule has 0 aromatic heterocycles. The van der Waals surface area contributed by atoms with Crippen molar-refractivity contribution in [1.29, 1.82) is 0 Å². The summed E-state index contributed by atoms with van der Waals surface area (Å²) in [5.74, 6) is -0.0467. The Bertz CT molecular complexity index is 453. The molecule has 1 fully saturated rings. The average Bonchev–Trinajstić information content (AvgIpc) is 2.77. The van der Waals surface area contributed by atoms with Crippen LogP contribution in [0.25, 0.3) is 0 Å². The molecule has 0 unspecified atom stereocenters. The number of carbonyl (C=O) groups is 1. The predicted molar refractivity (Wildman–Crippen MR) is 68.8 cm³/mol. The van der Waals surface area contributed by atoms with Gasteiger partial charge in [-0.15, -0.1) is 0 Å². The zero-order valence-electron chi connectivity index (χ0n) is 10.2. The third kappa shape index (κ3) is 3.00. The standard InChI is InChI=1S/C13H16ClFN2O/c1-8-5-11(16-6-8)13(18)17-7-9-3-2-4-10(14)12(9)15/h2-4,8,11,16H,5-7H2,1H3,(H,17,18)/t8-,11-/m0/s1. The molecule has 0 radical (unpaired) electrons.